The maximum Gasteiger partial charge on any atom is 0.507 e. The first-order chi connectivity index (χ1) is 9.28. The average molecular weight is 290 g/mol. The molecule has 0 saturated heterocycles. The van der Waals surface area contributed by atoms with Crippen LogP contribution in [-0.4, -0.2) is 17.4 Å². The lowest BCUT2D eigenvalue weighted by atomic mass is 10.1. The fourth-order valence-corrected chi connectivity index (χ4v) is 1.65. The van der Waals surface area contributed by atoms with Crippen molar-refractivity contribution in [1.82, 2.24) is 5.16 Å². The summed E-state index contributed by atoms with van der Waals surface area (Å²) in [5.41, 5.74) is 5.87. The van der Waals surface area contributed by atoms with Crippen molar-refractivity contribution in [2.24, 2.45) is 0 Å². The van der Waals surface area contributed by atoms with E-state index in [9.17, 15) is 17.6 Å². The number of ether oxygens (including phenoxy) is 2. The minimum absolute atomic E-state index is 0.0201. The van der Waals surface area contributed by atoms with E-state index in [1.807, 2.05) is 0 Å². The molecule has 0 radical (unpaired) electrons. The van der Waals surface area contributed by atoms with Crippen molar-refractivity contribution < 1.29 is 31.6 Å². The molecule has 1 aromatic heterocycles. The normalized spacial score (nSPS) is 18.8. The molecule has 0 spiro atoms. The van der Waals surface area contributed by atoms with E-state index in [2.05, 4.69) is 19.2 Å². The molecule has 9 heteroatoms. The van der Waals surface area contributed by atoms with Crippen LogP contribution in [0.25, 0.3) is 11.3 Å². The molecular weight excluding hydrogens is 284 g/mol. The number of benzene rings is 1. The van der Waals surface area contributed by atoms with Gasteiger partial charge in [0, 0.05) is 11.6 Å². The van der Waals surface area contributed by atoms with Crippen molar-refractivity contribution in [3.8, 4) is 22.8 Å². The Morgan fingerprint density at radius 3 is 2.20 bits per heavy atom. The van der Waals surface area contributed by atoms with E-state index >= 15 is 0 Å². The van der Waals surface area contributed by atoms with Gasteiger partial charge in [-0.05, 0) is 18.2 Å². The highest BCUT2D eigenvalue weighted by molar-refractivity contribution is 5.65. The number of hydrogen-bond donors (Lipinski definition) is 1. The van der Waals surface area contributed by atoms with Crippen molar-refractivity contribution in [3.05, 3.63) is 24.3 Å². The highest BCUT2D eigenvalue weighted by atomic mass is 19.3. The maximum atomic E-state index is 13.0. The third-order valence-electron chi connectivity index (χ3n) is 2.58. The van der Waals surface area contributed by atoms with Crippen LogP contribution < -0.4 is 15.2 Å². The Morgan fingerprint density at radius 2 is 1.60 bits per heavy atom. The first-order valence-electron chi connectivity index (χ1n) is 5.29. The van der Waals surface area contributed by atoms with Crippen LogP contribution in [0.3, 0.4) is 0 Å². The van der Waals surface area contributed by atoms with Gasteiger partial charge in [0.05, 0.1) is 0 Å². The summed E-state index contributed by atoms with van der Waals surface area (Å²) in [4.78, 5) is 0. The highest BCUT2D eigenvalue weighted by Gasteiger charge is 2.65. The summed E-state index contributed by atoms with van der Waals surface area (Å²) in [5.74, 6) is -1.01. The maximum absolute atomic E-state index is 13.0. The number of aromatic nitrogens is 1. The molecule has 0 saturated carbocycles. The lowest BCUT2D eigenvalue weighted by Gasteiger charge is -2.31. The van der Waals surface area contributed by atoms with Gasteiger partial charge in [-0.15, -0.1) is 0 Å². The van der Waals surface area contributed by atoms with Crippen LogP contribution in [0.2, 0.25) is 0 Å². The summed E-state index contributed by atoms with van der Waals surface area (Å²) in [7, 11) is 0. The van der Waals surface area contributed by atoms with Gasteiger partial charge in [0.25, 0.3) is 0 Å². The number of nitrogens with two attached hydrogens (primary N) is 1. The molecule has 0 unspecified atom stereocenters. The first-order valence-corrected chi connectivity index (χ1v) is 5.29. The predicted octanol–water partition coefficient (Wildman–Crippen LogP) is 2.88. The van der Waals surface area contributed by atoms with E-state index in [1.165, 1.54) is 12.1 Å². The Bertz CT molecular complexity index is 671. The van der Waals surface area contributed by atoms with Crippen molar-refractivity contribution in [2.45, 2.75) is 12.2 Å². The van der Waals surface area contributed by atoms with Gasteiger partial charge >= 0.3 is 12.2 Å². The number of anilines is 1. The number of hydrogen-bond acceptors (Lipinski definition) is 5. The molecule has 106 valence electrons. The van der Waals surface area contributed by atoms with Crippen LogP contribution in [0.4, 0.5) is 23.4 Å². The molecular formula is C11H6F4N2O3. The minimum atomic E-state index is -4.76. The molecule has 2 aromatic rings. The molecule has 1 aliphatic rings. The van der Waals surface area contributed by atoms with E-state index in [-0.39, 0.29) is 11.6 Å². The molecule has 5 nitrogen and oxygen atoms in total. The summed E-state index contributed by atoms with van der Waals surface area (Å²) >= 11 is 0. The average Bonchev–Trinajstić information content (AvgIpc) is 2.76. The molecule has 3 rings (SSSR count). The lowest BCUT2D eigenvalue weighted by molar-refractivity contribution is -0.391. The fourth-order valence-electron chi connectivity index (χ4n) is 1.65. The zero-order chi connectivity index (χ0) is 14.5. The second-order valence-electron chi connectivity index (χ2n) is 4.01. The molecule has 1 aromatic carbocycles. The first kappa shape index (κ1) is 12.6. The molecule has 20 heavy (non-hydrogen) atoms. The number of fused-ring (bicyclic) bond motifs is 1. The number of nitrogen functional groups attached to an aromatic ring is 1. The van der Waals surface area contributed by atoms with Crippen LogP contribution >= 0.6 is 0 Å². The zero-order valence-corrected chi connectivity index (χ0v) is 9.57. The number of alkyl halides is 4. The van der Waals surface area contributed by atoms with Crippen LogP contribution in [-0.2, 0) is 0 Å². The van der Waals surface area contributed by atoms with E-state index < -0.39 is 23.7 Å². The number of halogens is 4. The van der Waals surface area contributed by atoms with E-state index in [1.54, 1.807) is 0 Å². The number of nitrogens with zero attached hydrogens (tertiary/aromatic N) is 1. The van der Waals surface area contributed by atoms with Gasteiger partial charge in [-0.25, -0.2) is 0 Å². The predicted molar refractivity (Wildman–Crippen MR) is 57.5 cm³/mol. The van der Waals surface area contributed by atoms with Gasteiger partial charge in [-0.2, -0.15) is 17.6 Å². The number of rotatable bonds is 1. The summed E-state index contributed by atoms with van der Waals surface area (Å²) in [6.07, 6.45) is -9.50. The van der Waals surface area contributed by atoms with Gasteiger partial charge in [-0.1, -0.05) is 5.16 Å². The van der Waals surface area contributed by atoms with Crippen molar-refractivity contribution in [2.75, 3.05) is 5.73 Å². The summed E-state index contributed by atoms with van der Waals surface area (Å²) in [6, 6.07) is 4.83. The zero-order valence-electron chi connectivity index (χ0n) is 9.57. The standard InChI is InChI=1S/C11H6F4N2O3/c12-10(13)11(14,15)19-8-3-5(1-2-7(8)18-10)6-4-9(16)20-17-6/h1-4H,16H2. The third kappa shape index (κ3) is 1.82. The second kappa shape index (κ2) is 3.78. The van der Waals surface area contributed by atoms with Crippen LogP contribution in [0, 0.1) is 0 Å². The van der Waals surface area contributed by atoms with E-state index in [4.69, 9.17) is 5.73 Å². The largest absolute Gasteiger partial charge is 0.507 e. The second-order valence-corrected chi connectivity index (χ2v) is 4.01. The van der Waals surface area contributed by atoms with Gasteiger partial charge in [0.2, 0.25) is 5.88 Å². The molecule has 2 heterocycles. The lowest BCUT2D eigenvalue weighted by Crippen LogP contribution is -2.52. The summed E-state index contributed by atoms with van der Waals surface area (Å²) in [5, 5.41) is 3.57. The van der Waals surface area contributed by atoms with Crippen molar-refractivity contribution in [1.29, 1.82) is 0 Å². The van der Waals surface area contributed by atoms with Gasteiger partial charge < -0.3 is 19.7 Å². The topological polar surface area (TPSA) is 70.5 Å². The van der Waals surface area contributed by atoms with Crippen LogP contribution in [0.15, 0.2) is 28.8 Å². The Kier molecular flexibility index (Phi) is 2.38. The highest BCUT2D eigenvalue weighted by Crippen LogP contribution is 2.47. The Hall–Kier alpha value is -2.45. The van der Waals surface area contributed by atoms with Gasteiger partial charge in [0.1, 0.15) is 5.69 Å². The molecule has 0 aliphatic carbocycles. The summed E-state index contributed by atoms with van der Waals surface area (Å²) < 4.78 is 64.6. The third-order valence-corrected chi connectivity index (χ3v) is 2.58. The minimum Gasteiger partial charge on any atom is -0.421 e. The Balaban J connectivity index is 2.03. The van der Waals surface area contributed by atoms with Gasteiger partial charge in [0.15, 0.2) is 11.5 Å². The molecule has 0 bridgehead atoms. The molecule has 0 fully saturated rings. The Labute approximate surface area is 108 Å². The molecule has 2 N–H and O–H groups in total. The van der Waals surface area contributed by atoms with Crippen molar-refractivity contribution >= 4 is 5.88 Å². The van der Waals surface area contributed by atoms with E-state index in [0.717, 1.165) is 12.1 Å². The molecule has 0 amide bonds. The fraction of sp³-hybridized carbons (Fsp3) is 0.182. The van der Waals surface area contributed by atoms with Crippen molar-refractivity contribution in [3.63, 3.8) is 0 Å². The van der Waals surface area contributed by atoms with Gasteiger partial charge in [-0.3, -0.25) is 0 Å². The smallest absolute Gasteiger partial charge is 0.421 e. The van der Waals surface area contributed by atoms with E-state index in [0.29, 0.717) is 5.56 Å². The Morgan fingerprint density at radius 1 is 0.950 bits per heavy atom. The van der Waals surface area contributed by atoms with Crippen LogP contribution in [0.1, 0.15) is 0 Å². The monoisotopic (exact) mass is 290 g/mol. The quantitative estimate of drug-likeness (QED) is 0.818. The SMILES string of the molecule is Nc1cc(-c2ccc3c(c2)OC(F)(F)C(F)(F)O3)no1. The summed E-state index contributed by atoms with van der Waals surface area (Å²) in [6.45, 7) is 0. The van der Waals surface area contributed by atoms with Crippen LogP contribution in [0.5, 0.6) is 11.5 Å². The molecule has 0 atom stereocenters. The molecule has 1 aliphatic heterocycles.